The number of hydrogen-bond acceptors (Lipinski definition) is 5. The molecule has 0 aliphatic heterocycles. The summed E-state index contributed by atoms with van der Waals surface area (Å²) in [5.74, 6) is 0.480. The van der Waals surface area contributed by atoms with E-state index in [2.05, 4.69) is 15.5 Å². The van der Waals surface area contributed by atoms with Gasteiger partial charge in [-0.25, -0.2) is 4.39 Å². The Labute approximate surface area is 157 Å². The number of aromatic nitrogens is 2. The molecule has 0 aliphatic rings. The van der Waals surface area contributed by atoms with Crippen molar-refractivity contribution in [1.82, 2.24) is 20.4 Å². The van der Waals surface area contributed by atoms with Crippen molar-refractivity contribution >= 4 is 5.91 Å². The van der Waals surface area contributed by atoms with Gasteiger partial charge in [-0.1, -0.05) is 35.5 Å². The molecule has 1 N–H and O–H groups in total. The fraction of sp³-hybridized carbons (Fsp3) is 0.250. The molecule has 6 nitrogen and oxygen atoms in total. The van der Waals surface area contributed by atoms with Gasteiger partial charge in [0.15, 0.2) is 5.82 Å². The van der Waals surface area contributed by atoms with E-state index in [1.165, 1.54) is 12.1 Å². The Hall–Kier alpha value is -3.06. The van der Waals surface area contributed by atoms with E-state index < -0.39 is 6.04 Å². The first kappa shape index (κ1) is 18.7. The van der Waals surface area contributed by atoms with Crippen LogP contribution in [0.5, 0.6) is 0 Å². The van der Waals surface area contributed by atoms with Gasteiger partial charge in [-0.2, -0.15) is 4.98 Å². The first-order valence-electron chi connectivity index (χ1n) is 8.62. The van der Waals surface area contributed by atoms with Crippen LogP contribution in [-0.2, 0) is 11.2 Å². The molecule has 0 bridgehead atoms. The van der Waals surface area contributed by atoms with Gasteiger partial charge in [0.2, 0.25) is 5.91 Å². The third-order valence-corrected chi connectivity index (χ3v) is 4.09. The van der Waals surface area contributed by atoms with Crippen molar-refractivity contribution < 1.29 is 13.7 Å². The predicted molar refractivity (Wildman–Crippen MR) is 99.3 cm³/mol. The molecule has 140 valence electrons. The summed E-state index contributed by atoms with van der Waals surface area (Å²) in [6, 6.07) is 14.9. The van der Waals surface area contributed by atoms with E-state index >= 15 is 0 Å². The predicted octanol–water partition coefficient (Wildman–Crippen LogP) is 2.84. The summed E-state index contributed by atoms with van der Waals surface area (Å²) in [4.78, 5) is 18.7. The lowest BCUT2D eigenvalue weighted by molar-refractivity contribution is -0.125. The first-order valence-corrected chi connectivity index (χ1v) is 8.62. The molecule has 1 atom stereocenters. The molecule has 2 aromatic carbocycles. The fourth-order valence-corrected chi connectivity index (χ4v) is 2.78. The topological polar surface area (TPSA) is 71.3 Å². The SMILES string of the molecule is CN(C)[C@H](C(=O)NCCc1noc(-c2ccccc2)n1)c1ccc(F)cc1. The maximum atomic E-state index is 13.1. The summed E-state index contributed by atoms with van der Waals surface area (Å²) in [6.45, 7) is 0.373. The lowest BCUT2D eigenvalue weighted by Crippen LogP contribution is -2.38. The van der Waals surface area contributed by atoms with Crippen LogP contribution < -0.4 is 5.32 Å². The molecule has 3 aromatic rings. The van der Waals surface area contributed by atoms with Crippen LogP contribution in [0.25, 0.3) is 11.5 Å². The maximum absolute atomic E-state index is 13.1. The molecule has 1 heterocycles. The normalized spacial score (nSPS) is 12.1. The molecule has 0 saturated carbocycles. The number of carbonyl (C=O) groups is 1. The molecular formula is C20H21FN4O2. The van der Waals surface area contributed by atoms with E-state index in [0.29, 0.717) is 24.7 Å². The minimum absolute atomic E-state index is 0.168. The van der Waals surface area contributed by atoms with Gasteiger partial charge in [-0.3, -0.25) is 9.69 Å². The first-order chi connectivity index (χ1) is 13.0. The highest BCUT2D eigenvalue weighted by Gasteiger charge is 2.22. The minimum Gasteiger partial charge on any atom is -0.354 e. The second-order valence-corrected chi connectivity index (χ2v) is 6.34. The maximum Gasteiger partial charge on any atom is 0.257 e. The quantitative estimate of drug-likeness (QED) is 0.694. The second kappa shape index (κ2) is 8.55. The molecule has 0 radical (unpaired) electrons. The number of halogens is 1. The highest BCUT2D eigenvalue weighted by molar-refractivity contribution is 5.83. The van der Waals surface area contributed by atoms with Crippen LogP contribution in [0.4, 0.5) is 4.39 Å². The average Bonchev–Trinajstić information content (AvgIpc) is 3.13. The van der Waals surface area contributed by atoms with Crippen LogP contribution in [0, 0.1) is 5.82 Å². The molecule has 0 fully saturated rings. The van der Waals surface area contributed by atoms with Gasteiger partial charge in [0.05, 0.1) is 0 Å². The van der Waals surface area contributed by atoms with Crippen LogP contribution in [0.1, 0.15) is 17.4 Å². The summed E-state index contributed by atoms with van der Waals surface area (Å²) in [6.07, 6.45) is 0.450. The molecule has 0 unspecified atom stereocenters. The van der Waals surface area contributed by atoms with Gasteiger partial charge < -0.3 is 9.84 Å². The van der Waals surface area contributed by atoms with Crippen molar-refractivity contribution in [2.75, 3.05) is 20.6 Å². The average molecular weight is 368 g/mol. The molecule has 7 heteroatoms. The molecule has 3 rings (SSSR count). The van der Waals surface area contributed by atoms with Crippen LogP contribution in [0.15, 0.2) is 59.1 Å². The van der Waals surface area contributed by atoms with Crippen LogP contribution in [0.2, 0.25) is 0 Å². The number of nitrogens with one attached hydrogen (secondary N) is 1. The smallest absolute Gasteiger partial charge is 0.257 e. The highest BCUT2D eigenvalue weighted by atomic mass is 19.1. The zero-order valence-electron chi connectivity index (χ0n) is 15.2. The number of likely N-dealkylation sites (N-methyl/N-ethyl adjacent to an activating group) is 1. The van der Waals surface area contributed by atoms with E-state index in [0.717, 1.165) is 11.1 Å². The van der Waals surface area contributed by atoms with E-state index in [1.807, 2.05) is 30.3 Å². The Bertz CT molecular complexity index is 879. The van der Waals surface area contributed by atoms with E-state index in [9.17, 15) is 9.18 Å². The molecular weight excluding hydrogens is 347 g/mol. The van der Waals surface area contributed by atoms with Gasteiger partial charge in [0.1, 0.15) is 11.9 Å². The molecule has 1 amide bonds. The van der Waals surface area contributed by atoms with Crippen molar-refractivity contribution in [2.45, 2.75) is 12.5 Å². The van der Waals surface area contributed by atoms with Gasteiger partial charge in [-0.05, 0) is 43.9 Å². The number of benzene rings is 2. The van der Waals surface area contributed by atoms with Gasteiger partial charge >= 0.3 is 0 Å². The molecule has 0 aliphatic carbocycles. The largest absolute Gasteiger partial charge is 0.354 e. The van der Waals surface area contributed by atoms with E-state index in [4.69, 9.17) is 4.52 Å². The number of hydrogen-bond donors (Lipinski definition) is 1. The fourth-order valence-electron chi connectivity index (χ4n) is 2.78. The Balaban J connectivity index is 1.58. The standard InChI is InChI=1S/C20H21FN4O2/c1-25(2)18(14-8-10-16(21)11-9-14)19(26)22-13-12-17-23-20(27-24-17)15-6-4-3-5-7-15/h3-11,18H,12-13H2,1-2H3,(H,22,26)/t18-/m0/s1. The summed E-state index contributed by atoms with van der Waals surface area (Å²) in [5, 5.41) is 6.83. The Morgan fingerprint density at radius 1 is 1.15 bits per heavy atom. The molecule has 27 heavy (non-hydrogen) atoms. The summed E-state index contributed by atoms with van der Waals surface area (Å²) in [7, 11) is 3.61. The lowest BCUT2D eigenvalue weighted by Gasteiger charge is -2.23. The number of nitrogens with zero attached hydrogens (tertiary/aromatic N) is 3. The van der Waals surface area contributed by atoms with Gasteiger partial charge in [-0.15, -0.1) is 0 Å². The van der Waals surface area contributed by atoms with Crippen molar-refractivity contribution in [1.29, 1.82) is 0 Å². The number of carbonyl (C=O) groups excluding carboxylic acids is 1. The lowest BCUT2D eigenvalue weighted by atomic mass is 10.1. The third-order valence-electron chi connectivity index (χ3n) is 4.09. The summed E-state index contributed by atoms with van der Waals surface area (Å²) >= 11 is 0. The molecule has 0 spiro atoms. The van der Waals surface area contributed by atoms with E-state index in [1.54, 1.807) is 31.1 Å². The van der Waals surface area contributed by atoms with Gasteiger partial charge in [0, 0.05) is 18.5 Å². The Morgan fingerprint density at radius 3 is 2.52 bits per heavy atom. The third kappa shape index (κ3) is 4.77. The number of rotatable bonds is 7. The Kier molecular flexibility index (Phi) is 5.93. The second-order valence-electron chi connectivity index (χ2n) is 6.34. The molecule has 0 saturated heterocycles. The van der Waals surface area contributed by atoms with Crippen molar-refractivity contribution in [3.05, 3.63) is 71.8 Å². The van der Waals surface area contributed by atoms with Crippen LogP contribution in [0.3, 0.4) is 0 Å². The zero-order chi connectivity index (χ0) is 19.2. The zero-order valence-corrected chi connectivity index (χ0v) is 15.2. The van der Waals surface area contributed by atoms with Crippen molar-refractivity contribution in [2.24, 2.45) is 0 Å². The van der Waals surface area contributed by atoms with E-state index in [-0.39, 0.29) is 11.7 Å². The van der Waals surface area contributed by atoms with Gasteiger partial charge in [0.25, 0.3) is 5.89 Å². The monoisotopic (exact) mass is 368 g/mol. The van der Waals surface area contributed by atoms with Crippen molar-refractivity contribution in [3.8, 4) is 11.5 Å². The van der Waals surface area contributed by atoms with Crippen LogP contribution >= 0.6 is 0 Å². The number of amides is 1. The highest BCUT2D eigenvalue weighted by Crippen LogP contribution is 2.19. The summed E-state index contributed by atoms with van der Waals surface area (Å²) < 4.78 is 18.4. The molecule has 1 aromatic heterocycles. The van der Waals surface area contributed by atoms with Crippen molar-refractivity contribution in [3.63, 3.8) is 0 Å². The minimum atomic E-state index is -0.504. The van der Waals surface area contributed by atoms with Crippen LogP contribution in [-0.4, -0.2) is 41.6 Å². The summed E-state index contributed by atoms with van der Waals surface area (Å²) in [5.41, 5.74) is 1.58. The Morgan fingerprint density at radius 2 is 1.85 bits per heavy atom.